The minimum Gasteiger partial charge on any atom is -0.493 e. The van der Waals surface area contributed by atoms with Crippen LogP contribution >= 0.6 is 0 Å². The quantitative estimate of drug-likeness (QED) is 0.378. The Balaban J connectivity index is 1.68. The van der Waals surface area contributed by atoms with E-state index >= 15 is 0 Å². The van der Waals surface area contributed by atoms with Gasteiger partial charge in [-0.05, 0) is 43.4 Å². The van der Waals surface area contributed by atoms with Crippen LogP contribution in [0.5, 0.6) is 11.5 Å². The van der Waals surface area contributed by atoms with Crippen LogP contribution in [0.4, 0.5) is 10.5 Å². The molecule has 0 radical (unpaired) electrons. The van der Waals surface area contributed by atoms with Crippen LogP contribution in [0.15, 0.2) is 49.1 Å². The Kier molecular flexibility index (Phi) is 9.08. The van der Waals surface area contributed by atoms with Gasteiger partial charge in [0.2, 0.25) is 0 Å². The third-order valence-corrected chi connectivity index (χ3v) is 6.75. The van der Waals surface area contributed by atoms with Gasteiger partial charge in [-0.15, -0.1) is 0 Å². The van der Waals surface area contributed by atoms with Gasteiger partial charge in [0.1, 0.15) is 13.2 Å². The number of anilines is 1. The van der Waals surface area contributed by atoms with Crippen molar-refractivity contribution in [3.63, 3.8) is 0 Å². The Bertz CT molecular complexity index is 1230. The zero-order chi connectivity index (χ0) is 27.9. The molecule has 2 aliphatic heterocycles. The first-order chi connectivity index (χ1) is 18.9. The first kappa shape index (κ1) is 28.0. The van der Waals surface area contributed by atoms with E-state index in [0.717, 1.165) is 28.9 Å². The van der Waals surface area contributed by atoms with Gasteiger partial charge in [0.15, 0.2) is 17.7 Å². The molecule has 39 heavy (non-hydrogen) atoms. The predicted molar refractivity (Wildman–Crippen MR) is 143 cm³/mol. The Labute approximate surface area is 227 Å². The molecule has 2 amide bonds. The van der Waals surface area contributed by atoms with E-state index in [9.17, 15) is 19.5 Å². The monoisotopic (exact) mass is 538 g/mol. The largest absolute Gasteiger partial charge is 0.493 e. The van der Waals surface area contributed by atoms with Crippen LogP contribution in [-0.4, -0.2) is 67.1 Å². The SMILES string of the molecule is C=CCOC(=O)N1c2cc(OCc3cccc(CC(=O)OCC)c3)c(OC)cc2C(=O)N2CCCC[C@H]2C1O. The van der Waals surface area contributed by atoms with Gasteiger partial charge in [-0.1, -0.05) is 36.9 Å². The fourth-order valence-electron chi connectivity index (χ4n) is 4.96. The summed E-state index contributed by atoms with van der Waals surface area (Å²) >= 11 is 0. The normalized spacial score (nSPS) is 18.4. The number of benzene rings is 2. The van der Waals surface area contributed by atoms with E-state index in [-0.39, 0.29) is 48.5 Å². The minimum atomic E-state index is -1.31. The lowest BCUT2D eigenvalue weighted by molar-refractivity contribution is -0.142. The number of carbonyl (C=O) groups excluding carboxylic acids is 3. The van der Waals surface area contributed by atoms with Crippen LogP contribution in [0.1, 0.15) is 47.7 Å². The molecule has 208 valence electrons. The van der Waals surface area contributed by atoms with Gasteiger partial charge < -0.3 is 29.0 Å². The Hall–Kier alpha value is -4.05. The average Bonchev–Trinajstić information content (AvgIpc) is 3.03. The third kappa shape index (κ3) is 6.17. The van der Waals surface area contributed by atoms with Gasteiger partial charge in [0, 0.05) is 12.6 Å². The molecule has 2 atom stereocenters. The lowest BCUT2D eigenvalue weighted by atomic mass is 10.0. The highest BCUT2D eigenvalue weighted by Gasteiger charge is 2.44. The summed E-state index contributed by atoms with van der Waals surface area (Å²) in [6.45, 7) is 6.19. The van der Waals surface area contributed by atoms with Crippen molar-refractivity contribution in [1.29, 1.82) is 0 Å². The molecule has 0 aliphatic carbocycles. The van der Waals surface area contributed by atoms with Crippen molar-refractivity contribution in [3.8, 4) is 11.5 Å². The number of fused-ring (bicyclic) bond motifs is 2. The predicted octanol–water partition coefficient (Wildman–Crippen LogP) is 3.84. The topological polar surface area (TPSA) is 115 Å². The lowest BCUT2D eigenvalue weighted by Gasteiger charge is -2.38. The minimum absolute atomic E-state index is 0.0542. The van der Waals surface area contributed by atoms with Gasteiger partial charge in [0.05, 0.1) is 37.4 Å². The first-order valence-corrected chi connectivity index (χ1v) is 13.0. The van der Waals surface area contributed by atoms with Crippen molar-refractivity contribution in [2.45, 2.75) is 51.5 Å². The number of carbonyl (C=O) groups is 3. The first-order valence-electron chi connectivity index (χ1n) is 13.0. The Morgan fingerprint density at radius 3 is 2.67 bits per heavy atom. The summed E-state index contributed by atoms with van der Waals surface area (Å²) in [5.41, 5.74) is 1.95. The molecule has 0 saturated carbocycles. The zero-order valence-electron chi connectivity index (χ0n) is 22.3. The van der Waals surface area contributed by atoms with E-state index in [1.54, 1.807) is 11.8 Å². The molecule has 0 aromatic heterocycles. The molecule has 1 fully saturated rings. The summed E-state index contributed by atoms with van der Waals surface area (Å²) in [4.78, 5) is 41.4. The van der Waals surface area contributed by atoms with Crippen LogP contribution in [0, 0.1) is 0 Å². The number of aliphatic hydroxyl groups is 1. The van der Waals surface area contributed by atoms with Crippen molar-refractivity contribution in [2.24, 2.45) is 0 Å². The fourth-order valence-corrected chi connectivity index (χ4v) is 4.96. The summed E-state index contributed by atoms with van der Waals surface area (Å²) in [5, 5.41) is 11.3. The summed E-state index contributed by atoms with van der Waals surface area (Å²) < 4.78 is 21.9. The maximum absolute atomic E-state index is 13.6. The maximum atomic E-state index is 13.6. The Morgan fingerprint density at radius 1 is 1.13 bits per heavy atom. The number of hydrogen-bond acceptors (Lipinski definition) is 8. The van der Waals surface area contributed by atoms with E-state index in [1.165, 1.54) is 25.3 Å². The second-order valence-electron chi connectivity index (χ2n) is 9.32. The zero-order valence-corrected chi connectivity index (χ0v) is 22.3. The van der Waals surface area contributed by atoms with Crippen molar-refractivity contribution < 1.29 is 38.4 Å². The average molecular weight is 539 g/mol. The summed E-state index contributed by atoms with van der Waals surface area (Å²) in [6.07, 6.45) is 1.64. The van der Waals surface area contributed by atoms with Gasteiger partial charge in [-0.3, -0.25) is 9.59 Å². The van der Waals surface area contributed by atoms with Crippen LogP contribution < -0.4 is 14.4 Å². The van der Waals surface area contributed by atoms with Crippen molar-refractivity contribution >= 4 is 23.7 Å². The number of piperidine rings is 1. The van der Waals surface area contributed by atoms with Gasteiger partial charge in [-0.2, -0.15) is 0 Å². The van der Waals surface area contributed by atoms with E-state index in [0.29, 0.717) is 25.3 Å². The molecule has 10 nitrogen and oxygen atoms in total. The van der Waals surface area contributed by atoms with Crippen LogP contribution in [0.25, 0.3) is 0 Å². The number of ether oxygens (including phenoxy) is 4. The lowest BCUT2D eigenvalue weighted by Crippen LogP contribution is -2.55. The van der Waals surface area contributed by atoms with Gasteiger partial charge in [0.25, 0.3) is 5.91 Å². The molecule has 0 bridgehead atoms. The number of amides is 2. The van der Waals surface area contributed by atoms with Crippen molar-refractivity contribution in [3.05, 3.63) is 65.7 Å². The highest BCUT2D eigenvalue weighted by molar-refractivity contribution is 6.06. The van der Waals surface area contributed by atoms with Crippen molar-refractivity contribution in [2.75, 3.05) is 31.8 Å². The molecule has 2 aromatic rings. The number of esters is 1. The number of rotatable bonds is 9. The van der Waals surface area contributed by atoms with E-state index in [2.05, 4.69) is 6.58 Å². The fraction of sp³-hybridized carbons (Fsp3) is 0.414. The molecular weight excluding hydrogens is 504 g/mol. The highest BCUT2D eigenvalue weighted by atomic mass is 16.6. The molecular formula is C29H34N2O8. The molecule has 0 spiro atoms. The van der Waals surface area contributed by atoms with E-state index in [1.807, 2.05) is 24.3 Å². The molecule has 4 rings (SSSR count). The van der Waals surface area contributed by atoms with E-state index in [4.69, 9.17) is 18.9 Å². The Morgan fingerprint density at radius 2 is 1.92 bits per heavy atom. The molecule has 10 heteroatoms. The van der Waals surface area contributed by atoms with Gasteiger partial charge in [-0.25, -0.2) is 9.69 Å². The van der Waals surface area contributed by atoms with Crippen LogP contribution in [0.3, 0.4) is 0 Å². The number of nitrogens with zero attached hydrogens (tertiary/aromatic N) is 2. The smallest absolute Gasteiger partial charge is 0.416 e. The van der Waals surface area contributed by atoms with E-state index < -0.39 is 18.4 Å². The second-order valence-corrected chi connectivity index (χ2v) is 9.32. The molecule has 1 unspecified atom stereocenters. The molecule has 2 aromatic carbocycles. The van der Waals surface area contributed by atoms with Crippen molar-refractivity contribution in [1.82, 2.24) is 4.90 Å². The number of hydrogen-bond donors (Lipinski definition) is 1. The third-order valence-electron chi connectivity index (χ3n) is 6.75. The molecule has 1 saturated heterocycles. The number of methoxy groups -OCH3 is 1. The molecule has 2 aliphatic rings. The van der Waals surface area contributed by atoms with Crippen LogP contribution in [-0.2, 0) is 27.3 Å². The summed E-state index contributed by atoms with van der Waals surface area (Å²) in [6, 6.07) is 9.83. The highest BCUT2D eigenvalue weighted by Crippen LogP contribution is 2.41. The molecule has 1 N–H and O–H groups in total. The van der Waals surface area contributed by atoms with Gasteiger partial charge >= 0.3 is 12.1 Å². The maximum Gasteiger partial charge on any atom is 0.416 e. The standard InChI is InChI=1S/C29H34N2O8/c1-4-13-38-29(35)31-23-17-25(39-18-20-10-8-9-19(14-20)15-26(32)37-5-2)24(36-3)16-21(23)27(33)30-12-7-6-11-22(30)28(31)34/h4,8-10,14,16-17,22,28,34H,1,5-7,11-13,15,18H2,2-3H3/t22-,28?/m0/s1. The van der Waals surface area contributed by atoms with Crippen LogP contribution in [0.2, 0.25) is 0 Å². The summed E-state index contributed by atoms with van der Waals surface area (Å²) in [5.74, 6) is -0.0437. The molecule has 2 heterocycles. The number of aliphatic hydroxyl groups excluding tert-OH is 1. The second kappa shape index (κ2) is 12.7. The summed E-state index contributed by atoms with van der Waals surface area (Å²) in [7, 11) is 1.46.